The predicted octanol–water partition coefficient (Wildman–Crippen LogP) is 2.98. The highest BCUT2D eigenvalue weighted by Crippen LogP contribution is 2.45. The summed E-state index contributed by atoms with van der Waals surface area (Å²) in [5.41, 5.74) is 1.26. The molecular weight excluding hydrogens is 476 g/mol. The zero-order valence-corrected chi connectivity index (χ0v) is 21.7. The van der Waals surface area contributed by atoms with Crippen molar-refractivity contribution in [3.63, 3.8) is 0 Å². The van der Waals surface area contributed by atoms with E-state index in [1.807, 2.05) is 45.7 Å². The van der Waals surface area contributed by atoms with Gasteiger partial charge in [0, 0.05) is 44.2 Å². The van der Waals surface area contributed by atoms with E-state index >= 15 is 4.39 Å². The molecule has 0 saturated carbocycles. The summed E-state index contributed by atoms with van der Waals surface area (Å²) >= 11 is 0. The van der Waals surface area contributed by atoms with Gasteiger partial charge in [-0.1, -0.05) is 6.42 Å². The van der Waals surface area contributed by atoms with Crippen LogP contribution in [0.3, 0.4) is 0 Å². The second-order valence-electron chi connectivity index (χ2n) is 10.2. The molecular formula is C25H33BFN7O3. The average molecular weight is 509 g/mol. The van der Waals surface area contributed by atoms with Crippen LogP contribution in [-0.4, -0.2) is 86.4 Å². The second-order valence-corrected chi connectivity index (χ2v) is 10.2. The Bertz CT molecular complexity index is 1200. The van der Waals surface area contributed by atoms with Crippen molar-refractivity contribution >= 4 is 12.9 Å². The van der Waals surface area contributed by atoms with E-state index in [9.17, 15) is 5.02 Å². The van der Waals surface area contributed by atoms with Crippen LogP contribution in [0.5, 0.6) is 5.75 Å². The van der Waals surface area contributed by atoms with Crippen LogP contribution >= 0.6 is 0 Å². The Hall–Kier alpha value is -3.09. The summed E-state index contributed by atoms with van der Waals surface area (Å²) in [7, 11) is 2.71. The van der Waals surface area contributed by atoms with Gasteiger partial charge in [0.25, 0.3) is 0 Å². The highest BCUT2D eigenvalue weighted by atomic mass is 19.1. The maximum Gasteiger partial charge on any atom is 0.377 e. The summed E-state index contributed by atoms with van der Waals surface area (Å²) in [6.45, 7) is 3.92. The number of halogens is 1. The molecule has 5 rings (SSSR count). The number of aromatic nitrogens is 5. The van der Waals surface area contributed by atoms with Gasteiger partial charge in [0.2, 0.25) is 0 Å². The molecule has 37 heavy (non-hydrogen) atoms. The molecule has 1 N–H and O–H groups in total. The lowest BCUT2D eigenvalue weighted by Gasteiger charge is -2.58. The number of methoxy groups -OCH3 is 1. The fourth-order valence-electron chi connectivity index (χ4n) is 6.01. The summed E-state index contributed by atoms with van der Waals surface area (Å²) in [4.78, 5) is 12.5. The Labute approximate surface area is 216 Å². The molecule has 4 atom stereocenters. The van der Waals surface area contributed by atoms with Gasteiger partial charge >= 0.3 is 7.05 Å². The minimum Gasteiger partial charge on any atom is -0.467 e. The standard InChI is InChI=1S/C25H33BFN7O3/c1-25-9-5-6-19(34(25)26(2)35)23(27)20(13-25)32(3)22-14-29-24(31-30-22)18-8-7-17(33-11-10-28-15-33)12-21(18)37-16-36-4/h7-8,10-12,14-15,19-20,23,35H,5-6,9,13,16H2,1-4H3/t19?,20-,23+,25-/m0/s1. The second kappa shape index (κ2) is 10.3. The minimum atomic E-state index is -1.13. The number of anilines is 1. The van der Waals surface area contributed by atoms with Crippen molar-refractivity contribution in [1.82, 2.24) is 29.5 Å². The predicted molar refractivity (Wildman–Crippen MR) is 138 cm³/mol. The number of fused-ring (bicyclic) bond motifs is 2. The number of benzene rings is 1. The van der Waals surface area contributed by atoms with Crippen LogP contribution in [0.4, 0.5) is 10.2 Å². The molecule has 2 fully saturated rings. The molecule has 1 aromatic carbocycles. The zero-order valence-electron chi connectivity index (χ0n) is 21.7. The first-order valence-corrected chi connectivity index (χ1v) is 12.6. The molecule has 196 valence electrons. The molecule has 1 unspecified atom stereocenters. The molecule has 3 aromatic rings. The van der Waals surface area contributed by atoms with E-state index in [4.69, 9.17) is 9.47 Å². The van der Waals surface area contributed by atoms with Gasteiger partial charge in [-0.25, -0.2) is 14.4 Å². The highest BCUT2D eigenvalue weighted by Gasteiger charge is 2.54. The molecule has 2 bridgehead atoms. The quantitative estimate of drug-likeness (QED) is 0.363. The molecule has 2 aromatic heterocycles. The first-order chi connectivity index (χ1) is 17.8. The minimum absolute atomic E-state index is 0.0671. The maximum absolute atomic E-state index is 15.8. The smallest absolute Gasteiger partial charge is 0.377 e. The number of hydrogen-bond donors (Lipinski definition) is 1. The first-order valence-electron chi connectivity index (χ1n) is 12.6. The van der Waals surface area contributed by atoms with Gasteiger partial charge in [0.15, 0.2) is 18.4 Å². The van der Waals surface area contributed by atoms with Gasteiger partial charge in [-0.05, 0) is 45.1 Å². The molecule has 0 spiro atoms. The van der Waals surface area contributed by atoms with Crippen molar-refractivity contribution < 1.29 is 18.9 Å². The third-order valence-electron chi connectivity index (χ3n) is 7.73. The Morgan fingerprint density at radius 1 is 1.32 bits per heavy atom. The molecule has 0 amide bonds. The van der Waals surface area contributed by atoms with Gasteiger partial charge < -0.3 is 28.8 Å². The van der Waals surface area contributed by atoms with E-state index in [0.29, 0.717) is 29.4 Å². The third-order valence-corrected chi connectivity index (χ3v) is 7.73. The number of ether oxygens (including phenoxy) is 2. The number of piperidine rings is 2. The van der Waals surface area contributed by atoms with E-state index in [1.54, 1.807) is 32.7 Å². The molecule has 0 aliphatic carbocycles. The summed E-state index contributed by atoms with van der Waals surface area (Å²) in [5, 5.41) is 19.2. The van der Waals surface area contributed by atoms with Crippen molar-refractivity contribution in [2.45, 2.75) is 63.2 Å². The molecule has 2 aliphatic rings. The SMILES string of the molecule is COCOc1cc(-n2ccnc2)ccc1-c1ncc(N(C)[C@H]2C[C@]3(C)CCCC([C@H]2F)N3B(C)O)nn1. The topological polar surface area (TPSA) is 102 Å². The van der Waals surface area contributed by atoms with Gasteiger partial charge in [-0.2, -0.15) is 0 Å². The highest BCUT2D eigenvalue weighted by molar-refractivity contribution is 6.45. The van der Waals surface area contributed by atoms with Crippen LogP contribution in [0.15, 0.2) is 43.1 Å². The number of rotatable bonds is 8. The molecule has 2 saturated heterocycles. The largest absolute Gasteiger partial charge is 0.467 e. The van der Waals surface area contributed by atoms with E-state index < -0.39 is 13.2 Å². The van der Waals surface area contributed by atoms with Gasteiger partial charge in [0.05, 0.1) is 29.8 Å². The van der Waals surface area contributed by atoms with Crippen molar-refractivity contribution in [2.24, 2.45) is 0 Å². The summed E-state index contributed by atoms with van der Waals surface area (Å²) in [6, 6.07) is 4.94. The third kappa shape index (κ3) is 4.80. The number of alkyl halides is 1. The maximum atomic E-state index is 15.8. The van der Waals surface area contributed by atoms with Crippen LogP contribution in [0.25, 0.3) is 17.1 Å². The van der Waals surface area contributed by atoms with Gasteiger partial charge in [-0.15, -0.1) is 10.2 Å². The molecule has 0 radical (unpaired) electrons. The van der Waals surface area contributed by atoms with Crippen molar-refractivity contribution in [2.75, 3.05) is 25.9 Å². The van der Waals surface area contributed by atoms with Gasteiger partial charge in [0.1, 0.15) is 11.9 Å². The normalized spacial score (nSPS) is 25.6. The summed E-state index contributed by atoms with van der Waals surface area (Å²) in [6.07, 6.45) is 8.95. The number of hydrogen-bond acceptors (Lipinski definition) is 9. The lowest BCUT2D eigenvalue weighted by atomic mass is 9.64. The fraction of sp³-hybridized carbons (Fsp3) is 0.520. The van der Waals surface area contributed by atoms with E-state index in [-0.39, 0.29) is 24.4 Å². The van der Waals surface area contributed by atoms with E-state index in [1.165, 1.54) is 0 Å². The Kier molecular flexibility index (Phi) is 7.15. The van der Waals surface area contributed by atoms with E-state index in [2.05, 4.69) is 27.1 Å². The monoisotopic (exact) mass is 509 g/mol. The van der Waals surface area contributed by atoms with Crippen LogP contribution in [0.2, 0.25) is 6.82 Å². The number of imidazole rings is 1. The summed E-state index contributed by atoms with van der Waals surface area (Å²) < 4.78 is 28.6. The number of nitrogens with zero attached hydrogens (tertiary/aromatic N) is 7. The van der Waals surface area contributed by atoms with E-state index in [0.717, 1.165) is 24.9 Å². The average Bonchev–Trinajstić information content (AvgIpc) is 3.44. The fourth-order valence-corrected chi connectivity index (χ4v) is 6.01. The Morgan fingerprint density at radius 3 is 2.84 bits per heavy atom. The van der Waals surface area contributed by atoms with Crippen molar-refractivity contribution in [3.05, 3.63) is 43.1 Å². The molecule has 2 aliphatic heterocycles. The van der Waals surface area contributed by atoms with Crippen LogP contribution in [0.1, 0.15) is 32.6 Å². The van der Waals surface area contributed by atoms with Crippen molar-refractivity contribution in [1.29, 1.82) is 0 Å². The van der Waals surface area contributed by atoms with Crippen LogP contribution in [0, 0.1) is 0 Å². The van der Waals surface area contributed by atoms with Crippen molar-refractivity contribution in [3.8, 4) is 22.8 Å². The lowest BCUT2D eigenvalue weighted by Crippen LogP contribution is -2.71. The van der Waals surface area contributed by atoms with Crippen LogP contribution in [-0.2, 0) is 4.74 Å². The molecule has 4 heterocycles. The zero-order chi connectivity index (χ0) is 26.2. The Morgan fingerprint density at radius 2 is 2.16 bits per heavy atom. The Balaban J connectivity index is 1.39. The molecule has 10 nitrogen and oxygen atoms in total. The lowest BCUT2D eigenvalue weighted by molar-refractivity contribution is -0.0319. The van der Waals surface area contributed by atoms with Crippen LogP contribution < -0.4 is 9.64 Å². The van der Waals surface area contributed by atoms with Gasteiger partial charge in [-0.3, -0.25) is 0 Å². The molecule has 12 heteroatoms. The first kappa shape index (κ1) is 25.6. The summed E-state index contributed by atoms with van der Waals surface area (Å²) in [5.74, 6) is 1.44.